The number of benzene rings is 1. The standard InChI is InChI=1S/C19H20N4O2/c1-3-11-23-17(15-9-4-5-10-16(15)21-19(23)25)22-18(24)20-14-8-6-7-13(2)12-14/h4-10,12,15H,3,11H2,1-2H3,(H,20,24)/b22-17-. The molecule has 0 spiro atoms. The molecule has 1 aromatic carbocycles. The summed E-state index contributed by atoms with van der Waals surface area (Å²) >= 11 is 0. The van der Waals surface area contributed by atoms with Gasteiger partial charge in [-0.25, -0.2) is 9.59 Å². The maximum absolute atomic E-state index is 12.4. The Morgan fingerprint density at radius 2 is 2.20 bits per heavy atom. The first-order chi connectivity index (χ1) is 12.1. The maximum Gasteiger partial charge on any atom is 0.349 e. The van der Waals surface area contributed by atoms with Crippen LogP contribution in [0, 0.1) is 12.8 Å². The Morgan fingerprint density at radius 1 is 1.36 bits per heavy atom. The third-order valence-corrected chi connectivity index (χ3v) is 3.94. The molecule has 0 saturated heterocycles. The Kier molecular flexibility index (Phi) is 4.88. The highest BCUT2D eigenvalue weighted by Gasteiger charge is 2.33. The topological polar surface area (TPSA) is 74.1 Å². The third kappa shape index (κ3) is 3.74. The van der Waals surface area contributed by atoms with E-state index in [4.69, 9.17) is 0 Å². The molecule has 6 heteroatoms. The largest absolute Gasteiger partial charge is 0.349 e. The Hall–Kier alpha value is -3.02. The number of nitrogens with zero attached hydrogens (tertiary/aromatic N) is 3. The summed E-state index contributed by atoms with van der Waals surface area (Å²) < 4.78 is 0. The van der Waals surface area contributed by atoms with Crippen LogP contribution in [-0.4, -0.2) is 35.1 Å². The van der Waals surface area contributed by atoms with E-state index in [1.165, 1.54) is 4.90 Å². The summed E-state index contributed by atoms with van der Waals surface area (Å²) in [4.78, 5) is 34.5. The van der Waals surface area contributed by atoms with Crippen molar-refractivity contribution in [1.82, 2.24) is 4.90 Å². The number of fused-ring (bicyclic) bond motifs is 1. The number of amides is 4. The molecule has 1 N–H and O–H groups in total. The van der Waals surface area contributed by atoms with Crippen LogP contribution in [-0.2, 0) is 0 Å². The highest BCUT2D eigenvalue weighted by atomic mass is 16.2. The number of allylic oxidation sites excluding steroid dienone is 3. The number of carbonyl (C=O) groups is 2. The van der Waals surface area contributed by atoms with Gasteiger partial charge in [-0.05, 0) is 37.1 Å². The molecule has 0 saturated carbocycles. The summed E-state index contributed by atoms with van der Waals surface area (Å²) in [7, 11) is 0. The van der Waals surface area contributed by atoms with Crippen LogP contribution in [0.4, 0.5) is 15.3 Å². The SMILES string of the molecule is CCCN1C(=O)N=C2C=CC=CC2/C1=N/C(=O)Nc1cccc(C)c1. The van der Waals surface area contributed by atoms with Gasteiger partial charge in [0.15, 0.2) is 0 Å². The van der Waals surface area contributed by atoms with E-state index in [2.05, 4.69) is 15.3 Å². The Morgan fingerprint density at radius 3 is 2.96 bits per heavy atom. The molecule has 0 radical (unpaired) electrons. The molecule has 1 atom stereocenters. The summed E-state index contributed by atoms with van der Waals surface area (Å²) in [6.07, 6.45) is 8.12. The predicted molar refractivity (Wildman–Crippen MR) is 99.2 cm³/mol. The van der Waals surface area contributed by atoms with Crippen molar-refractivity contribution in [3.63, 3.8) is 0 Å². The van der Waals surface area contributed by atoms with Crippen LogP contribution >= 0.6 is 0 Å². The van der Waals surface area contributed by atoms with Crippen LogP contribution in [0.1, 0.15) is 18.9 Å². The number of rotatable bonds is 3. The fourth-order valence-electron chi connectivity index (χ4n) is 2.84. The molecule has 1 aliphatic heterocycles. The van der Waals surface area contributed by atoms with Crippen molar-refractivity contribution in [3.8, 4) is 0 Å². The number of aryl methyl sites for hydroxylation is 1. The molecule has 1 unspecified atom stereocenters. The lowest BCUT2D eigenvalue weighted by Crippen LogP contribution is -2.47. The summed E-state index contributed by atoms with van der Waals surface area (Å²) in [5.74, 6) is 0.139. The number of aliphatic imine (C=N–C) groups is 2. The van der Waals surface area contributed by atoms with E-state index in [1.807, 2.05) is 50.3 Å². The molecule has 3 rings (SSSR count). The molecular weight excluding hydrogens is 316 g/mol. The van der Waals surface area contributed by atoms with Gasteiger partial charge in [-0.2, -0.15) is 9.98 Å². The van der Waals surface area contributed by atoms with Crippen molar-refractivity contribution in [3.05, 3.63) is 54.1 Å². The second-order valence-electron chi connectivity index (χ2n) is 5.96. The van der Waals surface area contributed by atoms with E-state index in [0.717, 1.165) is 12.0 Å². The molecule has 0 aromatic heterocycles. The van der Waals surface area contributed by atoms with Gasteiger partial charge in [-0.15, -0.1) is 0 Å². The fraction of sp³-hybridized carbons (Fsp3) is 0.263. The number of anilines is 1. The third-order valence-electron chi connectivity index (χ3n) is 3.94. The zero-order valence-electron chi connectivity index (χ0n) is 14.3. The Bertz CT molecular complexity index is 820. The fourth-order valence-corrected chi connectivity index (χ4v) is 2.84. The summed E-state index contributed by atoms with van der Waals surface area (Å²) in [6.45, 7) is 4.39. The van der Waals surface area contributed by atoms with Crippen LogP contribution in [0.25, 0.3) is 0 Å². The molecule has 0 fully saturated rings. The van der Waals surface area contributed by atoms with E-state index < -0.39 is 6.03 Å². The van der Waals surface area contributed by atoms with Gasteiger partial charge >= 0.3 is 12.1 Å². The molecule has 1 heterocycles. The zero-order chi connectivity index (χ0) is 17.8. The minimum absolute atomic E-state index is 0.280. The van der Waals surface area contributed by atoms with Crippen molar-refractivity contribution in [1.29, 1.82) is 0 Å². The average molecular weight is 336 g/mol. The van der Waals surface area contributed by atoms with Gasteiger partial charge in [0.25, 0.3) is 0 Å². The zero-order valence-corrected chi connectivity index (χ0v) is 14.3. The lowest BCUT2D eigenvalue weighted by Gasteiger charge is -2.31. The molecule has 1 aromatic rings. The van der Waals surface area contributed by atoms with E-state index in [0.29, 0.717) is 23.8 Å². The lowest BCUT2D eigenvalue weighted by molar-refractivity contribution is 0.228. The summed E-state index contributed by atoms with van der Waals surface area (Å²) in [5.41, 5.74) is 2.33. The molecular formula is C19H20N4O2. The number of urea groups is 2. The highest BCUT2D eigenvalue weighted by molar-refractivity contribution is 6.24. The number of hydrogen-bond acceptors (Lipinski definition) is 2. The average Bonchev–Trinajstić information content (AvgIpc) is 2.58. The van der Waals surface area contributed by atoms with Gasteiger partial charge in [0.1, 0.15) is 5.84 Å². The van der Waals surface area contributed by atoms with Crippen molar-refractivity contribution >= 4 is 29.3 Å². The Balaban J connectivity index is 1.90. The second-order valence-corrected chi connectivity index (χ2v) is 5.96. The van der Waals surface area contributed by atoms with Crippen LogP contribution < -0.4 is 5.32 Å². The molecule has 1 aliphatic carbocycles. The first-order valence-electron chi connectivity index (χ1n) is 8.29. The van der Waals surface area contributed by atoms with Crippen LogP contribution in [0.5, 0.6) is 0 Å². The van der Waals surface area contributed by atoms with Gasteiger partial charge in [-0.1, -0.05) is 37.3 Å². The molecule has 0 bridgehead atoms. The molecule has 6 nitrogen and oxygen atoms in total. The van der Waals surface area contributed by atoms with Crippen molar-refractivity contribution < 1.29 is 9.59 Å². The van der Waals surface area contributed by atoms with Gasteiger partial charge in [-0.3, -0.25) is 4.90 Å². The maximum atomic E-state index is 12.4. The number of amidine groups is 1. The first-order valence-corrected chi connectivity index (χ1v) is 8.29. The molecule has 2 aliphatic rings. The smallest absolute Gasteiger partial charge is 0.306 e. The van der Waals surface area contributed by atoms with Gasteiger partial charge in [0, 0.05) is 12.2 Å². The van der Waals surface area contributed by atoms with E-state index in [9.17, 15) is 9.59 Å². The van der Waals surface area contributed by atoms with E-state index in [1.54, 1.807) is 12.1 Å². The summed E-state index contributed by atoms with van der Waals surface area (Å²) in [6, 6.07) is 6.60. The molecule has 25 heavy (non-hydrogen) atoms. The van der Waals surface area contributed by atoms with Crippen molar-refractivity contribution in [2.45, 2.75) is 20.3 Å². The van der Waals surface area contributed by atoms with E-state index >= 15 is 0 Å². The Labute approximate surface area is 146 Å². The van der Waals surface area contributed by atoms with Crippen LogP contribution in [0.15, 0.2) is 58.6 Å². The predicted octanol–water partition coefficient (Wildman–Crippen LogP) is 3.95. The quantitative estimate of drug-likeness (QED) is 0.907. The number of carbonyl (C=O) groups excluding carboxylic acids is 2. The molecule has 128 valence electrons. The second kappa shape index (κ2) is 7.25. The number of hydrogen-bond donors (Lipinski definition) is 1. The summed E-state index contributed by atoms with van der Waals surface area (Å²) in [5, 5.41) is 2.76. The van der Waals surface area contributed by atoms with Crippen LogP contribution in [0.2, 0.25) is 0 Å². The normalized spacial score (nSPS) is 20.5. The minimum Gasteiger partial charge on any atom is -0.306 e. The van der Waals surface area contributed by atoms with Gasteiger partial charge in [0.2, 0.25) is 0 Å². The number of nitrogens with one attached hydrogen (secondary N) is 1. The lowest BCUT2D eigenvalue weighted by atomic mass is 9.94. The van der Waals surface area contributed by atoms with Crippen molar-refractivity contribution in [2.75, 3.05) is 11.9 Å². The minimum atomic E-state index is -0.501. The van der Waals surface area contributed by atoms with Gasteiger partial charge in [0.05, 0.1) is 11.6 Å². The first kappa shape index (κ1) is 16.8. The van der Waals surface area contributed by atoms with Crippen LogP contribution in [0.3, 0.4) is 0 Å². The van der Waals surface area contributed by atoms with E-state index in [-0.39, 0.29) is 11.9 Å². The van der Waals surface area contributed by atoms with Crippen molar-refractivity contribution in [2.24, 2.45) is 15.9 Å². The van der Waals surface area contributed by atoms with Gasteiger partial charge < -0.3 is 5.32 Å². The highest BCUT2D eigenvalue weighted by Crippen LogP contribution is 2.21. The molecule has 4 amide bonds. The monoisotopic (exact) mass is 336 g/mol.